The summed E-state index contributed by atoms with van der Waals surface area (Å²) in [5, 5.41) is 3.80. The van der Waals surface area contributed by atoms with Crippen molar-refractivity contribution in [2.45, 2.75) is 33.1 Å². The molecule has 0 unspecified atom stereocenters. The number of carbonyl (C=O) groups excluding carboxylic acids is 1. The van der Waals surface area contributed by atoms with E-state index in [1.807, 2.05) is 13.8 Å². The fraction of sp³-hybridized carbons (Fsp3) is 0.909. The summed E-state index contributed by atoms with van der Waals surface area (Å²) < 4.78 is 5.28. The van der Waals surface area contributed by atoms with Crippen LogP contribution >= 0.6 is 15.9 Å². The molecule has 0 radical (unpaired) electrons. The second-order valence-corrected chi connectivity index (χ2v) is 4.25. The fourth-order valence-corrected chi connectivity index (χ4v) is 1.58. The molecule has 15 heavy (non-hydrogen) atoms. The molecule has 90 valence electrons. The van der Waals surface area contributed by atoms with Crippen molar-refractivity contribution in [3.8, 4) is 0 Å². The normalized spacial score (nSPS) is 10.7. The van der Waals surface area contributed by atoms with E-state index in [4.69, 9.17) is 4.74 Å². The van der Waals surface area contributed by atoms with Gasteiger partial charge in [0.2, 0.25) is 5.91 Å². The van der Waals surface area contributed by atoms with Crippen LogP contribution in [0.3, 0.4) is 0 Å². The van der Waals surface area contributed by atoms with E-state index in [1.54, 1.807) is 0 Å². The number of amides is 1. The number of halogens is 1. The minimum absolute atomic E-state index is 0.175. The summed E-state index contributed by atoms with van der Waals surface area (Å²) >= 11 is 3.28. The Labute approximate surface area is 101 Å². The van der Waals surface area contributed by atoms with E-state index in [1.165, 1.54) is 0 Å². The highest BCUT2D eigenvalue weighted by Gasteiger charge is 2.12. The van der Waals surface area contributed by atoms with Crippen molar-refractivity contribution >= 4 is 21.8 Å². The summed E-state index contributed by atoms with van der Waals surface area (Å²) in [7, 11) is 0. The van der Waals surface area contributed by atoms with Crippen LogP contribution < -0.4 is 5.32 Å². The maximum atomic E-state index is 11.5. The van der Waals surface area contributed by atoms with Crippen molar-refractivity contribution in [2.75, 3.05) is 25.1 Å². The molecular weight excluding hydrogens is 258 g/mol. The summed E-state index contributed by atoms with van der Waals surface area (Å²) in [6.45, 7) is 6.27. The van der Waals surface area contributed by atoms with Gasteiger partial charge in [-0.3, -0.25) is 4.79 Å². The van der Waals surface area contributed by atoms with Gasteiger partial charge in [-0.15, -0.1) is 0 Å². The highest BCUT2D eigenvalue weighted by atomic mass is 79.9. The van der Waals surface area contributed by atoms with E-state index >= 15 is 0 Å². The molecule has 0 rings (SSSR count). The molecule has 1 amide bonds. The molecule has 0 aromatic rings. The fourth-order valence-electron chi connectivity index (χ4n) is 1.35. The molecule has 0 saturated carbocycles. The van der Waals surface area contributed by atoms with Crippen LogP contribution in [0.1, 0.15) is 33.1 Å². The molecule has 3 nitrogen and oxygen atoms in total. The largest absolute Gasteiger partial charge is 0.381 e. The lowest BCUT2D eigenvalue weighted by Crippen LogP contribution is -2.31. The van der Waals surface area contributed by atoms with Crippen molar-refractivity contribution in [3.63, 3.8) is 0 Å². The molecule has 0 aromatic carbocycles. The third-order valence-electron chi connectivity index (χ3n) is 2.34. The number of ether oxygens (including phenoxy) is 1. The average molecular weight is 280 g/mol. The van der Waals surface area contributed by atoms with Gasteiger partial charge in [0.15, 0.2) is 0 Å². The molecule has 0 aliphatic heterocycles. The van der Waals surface area contributed by atoms with Crippen molar-refractivity contribution in [3.05, 3.63) is 0 Å². The first-order valence-electron chi connectivity index (χ1n) is 5.67. The zero-order chi connectivity index (χ0) is 11.5. The molecule has 4 heteroatoms. The van der Waals surface area contributed by atoms with Gasteiger partial charge in [0.05, 0.1) is 6.61 Å². The topological polar surface area (TPSA) is 38.3 Å². The van der Waals surface area contributed by atoms with Crippen LogP contribution in [0.4, 0.5) is 0 Å². The standard InChI is InChI=1S/C11H22BrNO2/c1-3-10(4-2)11(14)13-7-5-8-15-9-6-12/h10H,3-9H2,1-2H3,(H,13,14). The molecule has 1 N–H and O–H groups in total. The van der Waals surface area contributed by atoms with Crippen LogP contribution in [0.15, 0.2) is 0 Å². The van der Waals surface area contributed by atoms with Gasteiger partial charge >= 0.3 is 0 Å². The van der Waals surface area contributed by atoms with Crippen LogP contribution in [0.2, 0.25) is 0 Å². The van der Waals surface area contributed by atoms with E-state index < -0.39 is 0 Å². The predicted molar refractivity (Wildman–Crippen MR) is 66.3 cm³/mol. The Morgan fingerprint density at radius 1 is 1.33 bits per heavy atom. The number of carbonyl (C=O) groups is 1. The van der Waals surface area contributed by atoms with Gasteiger partial charge < -0.3 is 10.1 Å². The Kier molecular flexibility index (Phi) is 10.4. The van der Waals surface area contributed by atoms with Gasteiger partial charge in [0.1, 0.15) is 0 Å². The van der Waals surface area contributed by atoms with E-state index in [9.17, 15) is 4.79 Å². The second kappa shape index (κ2) is 10.4. The maximum absolute atomic E-state index is 11.5. The number of nitrogens with one attached hydrogen (secondary N) is 1. The van der Waals surface area contributed by atoms with Crippen LogP contribution in [-0.2, 0) is 9.53 Å². The highest BCUT2D eigenvalue weighted by molar-refractivity contribution is 9.09. The van der Waals surface area contributed by atoms with Crippen LogP contribution in [0, 0.1) is 5.92 Å². The number of hydrogen-bond acceptors (Lipinski definition) is 2. The molecule has 0 aromatic heterocycles. The van der Waals surface area contributed by atoms with Crippen LogP contribution in [0.25, 0.3) is 0 Å². The maximum Gasteiger partial charge on any atom is 0.223 e. The first-order chi connectivity index (χ1) is 7.26. The molecule has 0 aliphatic carbocycles. The number of alkyl halides is 1. The molecule has 0 spiro atoms. The van der Waals surface area contributed by atoms with Gasteiger partial charge in [-0.1, -0.05) is 29.8 Å². The predicted octanol–water partition coefficient (Wildman–Crippen LogP) is 2.34. The van der Waals surface area contributed by atoms with Gasteiger partial charge in [0.25, 0.3) is 0 Å². The van der Waals surface area contributed by atoms with Crippen molar-refractivity contribution < 1.29 is 9.53 Å². The Hall–Kier alpha value is -0.0900. The first-order valence-corrected chi connectivity index (χ1v) is 6.79. The van der Waals surface area contributed by atoms with Crippen LogP contribution in [0.5, 0.6) is 0 Å². The van der Waals surface area contributed by atoms with Crippen LogP contribution in [-0.4, -0.2) is 31.0 Å². The summed E-state index contributed by atoms with van der Waals surface area (Å²) in [5.41, 5.74) is 0. The Morgan fingerprint density at radius 3 is 2.53 bits per heavy atom. The van der Waals surface area contributed by atoms with E-state index in [2.05, 4.69) is 21.2 Å². The molecule has 0 fully saturated rings. The van der Waals surface area contributed by atoms with Gasteiger partial charge in [-0.2, -0.15) is 0 Å². The van der Waals surface area contributed by atoms with E-state index in [0.717, 1.165) is 44.4 Å². The lowest BCUT2D eigenvalue weighted by atomic mass is 10.0. The van der Waals surface area contributed by atoms with Crippen molar-refractivity contribution in [2.24, 2.45) is 5.92 Å². The number of hydrogen-bond donors (Lipinski definition) is 1. The SMILES string of the molecule is CCC(CC)C(=O)NCCCOCCBr. The Bertz CT molecular complexity index is 161. The minimum atomic E-state index is 0.175. The van der Waals surface area contributed by atoms with E-state index in [0.29, 0.717) is 0 Å². The average Bonchev–Trinajstić information content (AvgIpc) is 2.25. The smallest absolute Gasteiger partial charge is 0.223 e. The summed E-state index contributed by atoms with van der Waals surface area (Å²) in [4.78, 5) is 11.5. The first kappa shape index (κ1) is 14.9. The molecule has 0 heterocycles. The highest BCUT2D eigenvalue weighted by Crippen LogP contribution is 2.06. The molecule has 0 aliphatic rings. The lowest BCUT2D eigenvalue weighted by molar-refractivity contribution is -0.125. The third-order valence-corrected chi connectivity index (χ3v) is 2.67. The number of rotatable bonds is 9. The summed E-state index contributed by atoms with van der Waals surface area (Å²) in [6, 6.07) is 0. The van der Waals surface area contributed by atoms with Gasteiger partial charge in [-0.05, 0) is 19.3 Å². The van der Waals surface area contributed by atoms with Gasteiger partial charge in [0, 0.05) is 24.4 Å². The van der Waals surface area contributed by atoms with Gasteiger partial charge in [-0.25, -0.2) is 0 Å². The monoisotopic (exact) mass is 279 g/mol. The Balaban J connectivity index is 3.38. The summed E-state index contributed by atoms with van der Waals surface area (Å²) in [6.07, 6.45) is 2.73. The third kappa shape index (κ3) is 7.79. The summed E-state index contributed by atoms with van der Waals surface area (Å²) in [5.74, 6) is 0.356. The second-order valence-electron chi connectivity index (χ2n) is 3.46. The quantitative estimate of drug-likeness (QED) is 0.520. The molecule has 0 bridgehead atoms. The van der Waals surface area contributed by atoms with E-state index in [-0.39, 0.29) is 11.8 Å². The minimum Gasteiger partial charge on any atom is -0.381 e. The lowest BCUT2D eigenvalue weighted by Gasteiger charge is -2.12. The molecular formula is C11H22BrNO2. The van der Waals surface area contributed by atoms with Crippen molar-refractivity contribution in [1.29, 1.82) is 0 Å². The molecule has 0 atom stereocenters. The van der Waals surface area contributed by atoms with Crippen molar-refractivity contribution in [1.82, 2.24) is 5.32 Å². The zero-order valence-corrected chi connectivity index (χ0v) is 11.3. The molecule has 0 saturated heterocycles. The Morgan fingerprint density at radius 2 is 2.00 bits per heavy atom. The zero-order valence-electron chi connectivity index (χ0n) is 9.72.